The molecule has 86 valence electrons. The van der Waals surface area contributed by atoms with Gasteiger partial charge >= 0.3 is 0 Å². The van der Waals surface area contributed by atoms with Crippen molar-refractivity contribution in [3.8, 4) is 0 Å². The van der Waals surface area contributed by atoms with Gasteiger partial charge in [-0.2, -0.15) is 0 Å². The number of ether oxygens (including phenoxy) is 1. The largest absolute Gasteiger partial charge is 0.496 e. The highest BCUT2D eigenvalue weighted by atomic mass is 35.5. The lowest BCUT2D eigenvalue weighted by atomic mass is 10.1. The minimum atomic E-state index is -0.412. The summed E-state index contributed by atoms with van der Waals surface area (Å²) in [5.41, 5.74) is 6.63. The summed E-state index contributed by atoms with van der Waals surface area (Å²) < 4.78 is 5.48. The van der Waals surface area contributed by atoms with Gasteiger partial charge in [0.05, 0.1) is 22.3 Å². The Hall–Kier alpha value is -0.770. The smallest absolute Gasteiger partial charge is 0.115 e. The lowest BCUT2D eigenvalue weighted by Crippen LogP contribution is -2.19. The van der Waals surface area contributed by atoms with Gasteiger partial charge in [-0.25, -0.2) is 0 Å². The van der Waals surface area contributed by atoms with Crippen LogP contribution in [0.5, 0.6) is 0 Å². The molecule has 0 aliphatic carbocycles. The summed E-state index contributed by atoms with van der Waals surface area (Å²) in [6.07, 6.45) is 5.53. The number of halogens is 2. The molecule has 0 saturated carbocycles. The van der Waals surface area contributed by atoms with Gasteiger partial charge in [-0.15, -0.1) is 0 Å². The average Bonchev–Trinajstić information content (AvgIpc) is 2.29. The van der Waals surface area contributed by atoms with Gasteiger partial charge < -0.3 is 10.5 Å². The quantitative estimate of drug-likeness (QED) is 0.887. The second-order valence-electron chi connectivity index (χ2n) is 3.60. The third-order valence-corrected chi connectivity index (χ3v) is 2.91. The Morgan fingerprint density at radius 1 is 1.44 bits per heavy atom. The molecular formula is C11H12Cl2N2O. The standard InChI is InChI=1S/C11H12Cl2N2O/c12-7-5-8(13)11(15-6-7)10(14)9-3-1-2-4-16-9/h3,5-6,10H,1-2,4,14H2. The number of aromatic nitrogens is 1. The Bertz CT molecular complexity index is 420. The third kappa shape index (κ3) is 2.48. The van der Waals surface area contributed by atoms with Crippen LogP contribution >= 0.6 is 23.2 Å². The number of hydrogen-bond acceptors (Lipinski definition) is 3. The highest BCUT2D eigenvalue weighted by Crippen LogP contribution is 2.28. The summed E-state index contributed by atoms with van der Waals surface area (Å²) in [6, 6.07) is 1.22. The van der Waals surface area contributed by atoms with Crippen LogP contribution in [0.15, 0.2) is 24.1 Å². The van der Waals surface area contributed by atoms with E-state index in [0.717, 1.165) is 18.6 Å². The minimum absolute atomic E-state index is 0.412. The minimum Gasteiger partial charge on any atom is -0.496 e. The normalized spacial score (nSPS) is 17.6. The topological polar surface area (TPSA) is 48.1 Å². The van der Waals surface area contributed by atoms with Gasteiger partial charge in [-0.3, -0.25) is 4.98 Å². The van der Waals surface area contributed by atoms with Crippen LogP contribution < -0.4 is 5.73 Å². The van der Waals surface area contributed by atoms with Crippen LogP contribution in [0.1, 0.15) is 24.6 Å². The zero-order valence-electron chi connectivity index (χ0n) is 8.62. The zero-order chi connectivity index (χ0) is 11.5. The first kappa shape index (κ1) is 11.7. The van der Waals surface area contributed by atoms with Crippen LogP contribution in [0.2, 0.25) is 10.0 Å². The summed E-state index contributed by atoms with van der Waals surface area (Å²) in [4.78, 5) is 4.14. The average molecular weight is 259 g/mol. The molecule has 0 saturated heterocycles. The molecule has 1 aliphatic rings. The van der Waals surface area contributed by atoms with E-state index in [0.29, 0.717) is 22.3 Å². The van der Waals surface area contributed by atoms with Crippen molar-refractivity contribution in [1.29, 1.82) is 0 Å². The van der Waals surface area contributed by atoms with Gasteiger partial charge in [-0.05, 0) is 25.0 Å². The molecule has 0 bridgehead atoms. The summed E-state index contributed by atoms with van der Waals surface area (Å²) in [5, 5.41) is 0.967. The van der Waals surface area contributed by atoms with E-state index in [2.05, 4.69) is 4.98 Å². The molecule has 5 heteroatoms. The summed E-state index contributed by atoms with van der Waals surface area (Å²) in [7, 11) is 0. The van der Waals surface area contributed by atoms with Gasteiger partial charge in [0, 0.05) is 6.20 Å². The number of pyridine rings is 1. The second-order valence-corrected chi connectivity index (χ2v) is 4.44. The molecule has 2 heterocycles. The van der Waals surface area contributed by atoms with Crippen molar-refractivity contribution in [2.75, 3.05) is 6.61 Å². The van der Waals surface area contributed by atoms with Gasteiger partial charge in [0.1, 0.15) is 11.8 Å². The highest BCUT2D eigenvalue weighted by Gasteiger charge is 2.19. The van der Waals surface area contributed by atoms with Crippen LogP contribution in [0, 0.1) is 0 Å². The third-order valence-electron chi connectivity index (χ3n) is 2.40. The van der Waals surface area contributed by atoms with Crippen LogP contribution in [-0.2, 0) is 4.74 Å². The molecule has 1 aromatic heterocycles. The maximum absolute atomic E-state index is 6.04. The van der Waals surface area contributed by atoms with E-state index in [1.807, 2.05) is 6.08 Å². The SMILES string of the molecule is NC(C1=CCCCO1)c1ncc(Cl)cc1Cl. The van der Waals surface area contributed by atoms with E-state index < -0.39 is 6.04 Å². The van der Waals surface area contributed by atoms with Crippen molar-refractivity contribution in [3.05, 3.63) is 39.8 Å². The summed E-state index contributed by atoms with van der Waals surface area (Å²) in [5.74, 6) is 0.739. The predicted molar refractivity (Wildman–Crippen MR) is 64.5 cm³/mol. The van der Waals surface area contributed by atoms with Crippen molar-refractivity contribution in [2.24, 2.45) is 5.73 Å². The van der Waals surface area contributed by atoms with Gasteiger partial charge in [0.25, 0.3) is 0 Å². The van der Waals surface area contributed by atoms with E-state index >= 15 is 0 Å². The van der Waals surface area contributed by atoms with Gasteiger partial charge in [-0.1, -0.05) is 23.2 Å². The molecule has 0 spiro atoms. The number of nitrogens with zero attached hydrogens (tertiary/aromatic N) is 1. The van der Waals surface area contributed by atoms with Crippen molar-refractivity contribution >= 4 is 23.2 Å². The van der Waals surface area contributed by atoms with Crippen molar-refractivity contribution < 1.29 is 4.74 Å². The molecule has 1 unspecified atom stereocenters. The van der Waals surface area contributed by atoms with Crippen molar-refractivity contribution in [1.82, 2.24) is 4.98 Å². The molecule has 2 rings (SSSR count). The lowest BCUT2D eigenvalue weighted by Gasteiger charge is -2.20. The Morgan fingerprint density at radius 2 is 2.25 bits per heavy atom. The van der Waals surface area contributed by atoms with Crippen molar-refractivity contribution in [3.63, 3.8) is 0 Å². The molecule has 1 aromatic rings. The molecule has 1 aliphatic heterocycles. The number of hydrogen-bond donors (Lipinski definition) is 1. The maximum Gasteiger partial charge on any atom is 0.115 e. The molecule has 2 N–H and O–H groups in total. The predicted octanol–water partition coefficient (Wildman–Crippen LogP) is 3.08. The first-order valence-corrected chi connectivity index (χ1v) is 5.83. The number of rotatable bonds is 2. The van der Waals surface area contributed by atoms with Crippen LogP contribution in [-0.4, -0.2) is 11.6 Å². The van der Waals surface area contributed by atoms with E-state index in [4.69, 9.17) is 33.7 Å². The molecule has 0 amide bonds. The van der Waals surface area contributed by atoms with Crippen LogP contribution in [0.3, 0.4) is 0 Å². The molecule has 0 fully saturated rings. The van der Waals surface area contributed by atoms with E-state index in [9.17, 15) is 0 Å². The first-order valence-electron chi connectivity index (χ1n) is 5.08. The lowest BCUT2D eigenvalue weighted by molar-refractivity contribution is 0.175. The van der Waals surface area contributed by atoms with Crippen molar-refractivity contribution in [2.45, 2.75) is 18.9 Å². The Morgan fingerprint density at radius 3 is 2.88 bits per heavy atom. The monoisotopic (exact) mass is 258 g/mol. The Labute approximate surface area is 104 Å². The summed E-state index contributed by atoms with van der Waals surface area (Å²) in [6.45, 7) is 0.699. The zero-order valence-corrected chi connectivity index (χ0v) is 10.1. The Balaban J connectivity index is 2.26. The van der Waals surface area contributed by atoms with Gasteiger partial charge in [0.15, 0.2) is 0 Å². The van der Waals surface area contributed by atoms with Crippen LogP contribution in [0.4, 0.5) is 0 Å². The van der Waals surface area contributed by atoms with Gasteiger partial charge in [0.2, 0.25) is 0 Å². The molecule has 16 heavy (non-hydrogen) atoms. The maximum atomic E-state index is 6.04. The molecule has 3 nitrogen and oxygen atoms in total. The molecule has 1 atom stereocenters. The fourth-order valence-electron chi connectivity index (χ4n) is 1.58. The van der Waals surface area contributed by atoms with E-state index in [1.54, 1.807) is 6.07 Å². The first-order chi connectivity index (χ1) is 7.68. The second kappa shape index (κ2) is 5.04. The van der Waals surface area contributed by atoms with Crippen LogP contribution in [0.25, 0.3) is 0 Å². The fourth-order valence-corrected chi connectivity index (χ4v) is 2.08. The molecule has 0 aromatic carbocycles. The Kier molecular flexibility index (Phi) is 3.69. The number of nitrogens with two attached hydrogens (primary N) is 1. The molecular weight excluding hydrogens is 247 g/mol. The van der Waals surface area contributed by atoms with E-state index in [-0.39, 0.29) is 0 Å². The van der Waals surface area contributed by atoms with E-state index in [1.165, 1.54) is 6.20 Å². The molecule has 0 radical (unpaired) electrons. The fraction of sp³-hybridized carbons (Fsp3) is 0.364. The summed E-state index contributed by atoms with van der Waals surface area (Å²) >= 11 is 11.8. The number of allylic oxidation sites excluding steroid dienone is 1. The highest BCUT2D eigenvalue weighted by molar-refractivity contribution is 6.34.